The average Bonchev–Trinajstić information content (AvgIpc) is 2.43. The van der Waals surface area contributed by atoms with Gasteiger partial charge < -0.3 is 4.98 Å². The van der Waals surface area contributed by atoms with Crippen molar-refractivity contribution in [2.45, 2.75) is 25.7 Å². The molecule has 1 aromatic carbocycles. The van der Waals surface area contributed by atoms with Crippen LogP contribution in [0.5, 0.6) is 0 Å². The Labute approximate surface area is 116 Å². The number of nitrogens with one attached hydrogen (secondary N) is 1. The van der Waals surface area contributed by atoms with E-state index in [1.807, 2.05) is 30.3 Å². The molecule has 3 rings (SSSR count). The van der Waals surface area contributed by atoms with E-state index < -0.39 is 0 Å². The SMILES string of the molecule is O=Nc1cc(CC2CCC2)[nH]c(=O)c1-c1ccccc1. The van der Waals surface area contributed by atoms with Crippen molar-refractivity contribution in [2.24, 2.45) is 11.1 Å². The Morgan fingerprint density at radius 2 is 1.95 bits per heavy atom. The maximum Gasteiger partial charge on any atom is 0.258 e. The molecule has 0 unspecified atom stereocenters. The van der Waals surface area contributed by atoms with Gasteiger partial charge in [-0.3, -0.25) is 4.79 Å². The standard InChI is InChI=1S/C16H16N2O2/c19-16-15(12-7-2-1-3-8-12)14(18-20)10-13(17-16)9-11-5-4-6-11/h1-3,7-8,10-11H,4-6,9H2,(H,17,19). The van der Waals surface area contributed by atoms with E-state index in [-0.39, 0.29) is 11.2 Å². The summed E-state index contributed by atoms with van der Waals surface area (Å²) in [7, 11) is 0. The Bertz CT molecular complexity index is 673. The first-order valence-corrected chi connectivity index (χ1v) is 6.93. The fraction of sp³-hybridized carbons (Fsp3) is 0.312. The van der Waals surface area contributed by atoms with Crippen LogP contribution in [0.15, 0.2) is 46.4 Å². The minimum atomic E-state index is -0.234. The summed E-state index contributed by atoms with van der Waals surface area (Å²) in [5, 5.41) is 3.05. The summed E-state index contributed by atoms with van der Waals surface area (Å²) in [5.41, 5.74) is 1.89. The molecule has 102 valence electrons. The van der Waals surface area contributed by atoms with Crippen LogP contribution in [0.1, 0.15) is 25.0 Å². The lowest BCUT2D eigenvalue weighted by molar-refractivity contribution is 0.312. The second-order valence-electron chi connectivity index (χ2n) is 5.34. The van der Waals surface area contributed by atoms with E-state index in [0.717, 1.165) is 17.7 Å². The third-order valence-corrected chi connectivity index (χ3v) is 3.96. The van der Waals surface area contributed by atoms with Crippen molar-refractivity contribution in [2.75, 3.05) is 0 Å². The van der Waals surface area contributed by atoms with Gasteiger partial charge in [-0.15, -0.1) is 4.91 Å². The van der Waals surface area contributed by atoms with Crippen LogP contribution in [0.4, 0.5) is 5.69 Å². The third kappa shape index (κ3) is 2.41. The molecule has 0 bridgehead atoms. The maximum absolute atomic E-state index is 12.3. The minimum absolute atomic E-state index is 0.231. The van der Waals surface area contributed by atoms with Gasteiger partial charge in [-0.1, -0.05) is 49.6 Å². The van der Waals surface area contributed by atoms with Gasteiger partial charge in [0.05, 0.1) is 5.56 Å². The number of aromatic nitrogens is 1. The lowest BCUT2D eigenvalue weighted by Gasteiger charge is -2.25. The number of rotatable bonds is 4. The van der Waals surface area contributed by atoms with E-state index >= 15 is 0 Å². The largest absolute Gasteiger partial charge is 0.326 e. The summed E-state index contributed by atoms with van der Waals surface area (Å²) >= 11 is 0. The molecule has 1 fully saturated rings. The predicted octanol–water partition coefficient (Wildman–Crippen LogP) is 3.78. The zero-order valence-electron chi connectivity index (χ0n) is 11.1. The van der Waals surface area contributed by atoms with Crippen molar-refractivity contribution in [3.63, 3.8) is 0 Å². The van der Waals surface area contributed by atoms with Crippen LogP contribution >= 0.6 is 0 Å². The first kappa shape index (κ1) is 12.8. The summed E-state index contributed by atoms with van der Waals surface area (Å²) in [6, 6.07) is 10.9. The minimum Gasteiger partial charge on any atom is -0.326 e. The predicted molar refractivity (Wildman–Crippen MR) is 79.0 cm³/mol. The molecular formula is C16H16N2O2. The lowest BCUT2D eigenvalue weighted by atomic mass is 9.82. The molecule has 4 heteroatoms. The number of aromatic amines is 1. The Hall–Kier alpha value is -2.23. The molecular weight excluding hydrogens is 252 g/mol. The zero-order valence-corrected chi connectivity index (χ0v) is 11.1. The fourth-order valence-electron chi connectivity index (χ4n) is 2.67. The van der Waals surface area contributed by atoms with E-state index in [2.05, 4.69) is 10.2 Å². The number of benzene rings is 1. The highest BCUT2D eigenvalue weighted by molar-refractivity contribution is 5.74. The molecule has 1 N–H and O–H groups in total. The van der Waals surface area contributed by atoms with E-state index in [1.165, 1.54) is 19.3 Å². The molecule has 0 atom stereocenters. The summed E-state index contributed by atoms with van der Waals surface area (Å²) in [5.74, 6) is 0.632. The molecule has 4 nitrogen and oxygen atoms in total. The molecule has 0 saturated heterocycles. The Balaban J connectivity index is 2.02. The van der Waals surface area contributed by atoms with Crippen LogP contribution in [0.2, 0.25) is 0 Å². The van der Waals surface area contributed by atoms with Gasteiger partial charge in [0.2, 0.25) is 0 Å². The highest BCUT2D eigenvalue weighted by Gasteiger charge is 2.20. The third-order valence-electron chi connectivity index (χ3n) is 3.96. The highest BCUT2D eigenvalue weighted by atomic mass is 16.3. The molecule has 0 aliphatic heterocycles. The summed E-state index contributed by atoms with van der Waals surface area (Å²) in [6.45, 7) is 0. The van der Waals surface area contributed by atoms with Crippen molar-refractivity contribution in [3.8, 4) is 11.1 Å². The van der Waals surface area contributed by atoms with Crippen LogP contribution in [-0.2, 0) is 6.42 Å². The fourth-order valence-corrected chi connectivity index (χ4v) is 2.67. The molecule has 2 aromatic rings. The van der Waals surface area contributed by atoms with Gasteiger partial charge in [0.15, 0.2) is 0 Å². The van der Waals surface area contributed by atoms with Gasteiger partial charge in [-0.2, -0.15) is 0 Å². The highest BCUT2D eigenvalue weighted by Crippen LogP contribution is 2.31. The average molecular weight is 268 g/mol. The monoisotopic (exact) mass is 268 g/mol. The molecule has 0 spiro atoms. The van der Waals surface area contributed by atoms with E-state index in [1.54, 1.807) is 6.07 Å². The molecule has 1 aliphatic carbocycles. The molecule has 1 saturated carbocycles. The number of pyridine rings is 1. The number of hydrogen-bond acceptors (Lipinski definition) is 3. The molecule has 20 heavy (non-hydrogen) atoms. The van der Waals surface area contributed by atoms with Crippen molar-refractivity contribution < 1.29 is 0 Å². The summed E-state index contributed by atoms with van der Waals surface area (Å²) in [6.07, 6.45) is 4.49. The molecule has 1 heterocycles. The summed E-state index contributed by atoms with van der Waals surface area (Å²) in [4.78, 5) is 26.2. The van der Waals surface area contributed by atoms with E-state index in [0.29, 0.717) is 11.5 Å². The van der Waals surface area contributed by atoms with Crippen LogP contribution in [0.3, 0.4) is 0 Å². The Morgan fingerprint density at radius 3 is 2.55 bits per heavy atom. The van der Waals surface area contributed by atoms with Crippen molar-refractivity contribution >= 4 is 5.69 Å². The Morgan fingerprint density at radius 1 is 1.20 bits per heavy atom. The van der Waals surface area contributed by atoms with Gasteiger partial charge in [-0.25, -0.2) is 0 Å². The van der Waals surface area contributed by atoms with Gasteiger partial charge in [0, 0.05) is 5.69 Å². The van der Waals surface area contributed by atoms with Gasteiger partial charge in [0.1, 0.15) is 5.69 Å². The molecule has 0 amide bonds. The smallest absolute Gasteiger partial charge is 0.258 e. The van der Waals surface area contributed by atoms with E-state index in [4.69, 9.17) is 0 Å². The van der Waals surface area contributed by atoms with E-state index in [9.17, 15) is 9.70 Å². The second-order valence-corrected chi connectivity index (χ2v) is 5.34. The maximum atomic E-state index is 12.3. The van der Waals surface area contributed by atoms with Crippen LogP contribution in [-0.4, -0.2) is 4.98 Å². The van der Waals surface area contributed by atoms with Crippen molar-refractivity contribution in [3.05, 3.63) is 57.4 Å². The van der Waals surface area contributed by atoms with Gasteiger partial charge in [0.25, 0.3) is 5.56 Å². The molecule has 1 aliphatic rings. The second kappa shape index (κ2) is 5.41. The quantitative estimate of drug-likeness (QED) is 0.858. The van der Waals surface area contributed by atoms with Crippen LogP contribution < -0.4 is 5.56 Å². The zero-order chi connectivity index (χ0) is 13.9. The van der Waals surface area contributed by atoms with Crippen molar-refractivity contribution in [1.82, 2.24) is 4.98 Å². The Kier molecular flexibility index (Phi) is 3.46. The van der Waals surface area contributed by atoms with Crippen molar-refractivity contribution in [1.29, 1.82) is 0 Å². The number of hydrogen-bond donors (Lipinski definition) is 1. The topological polar surface area (TPSA) is 62.3 Å². The molecule has 0 radical (unpaired) electrons. The van der Waals surface area contributed by atoms with Gasteiger partial charge in [-0.05, 0) is 29.1 Å². The number of nitrogens with zero attached hydrogens (tertiary/aromatic N) is 1. The van der Waals surface area contributed by atoms with Gasteiger partial charge >= 0.3 is 0 Å². The first-order chi connectivity index (χ1) is 9.78. The normalized spacial score (nSPS) is 14.8. The number of nitroso groups, excluding NO2 is 1. The van der Waals surface area contributed by atoms with Crippen LogP contribution in [0.25, 0.3) is 11.1 Å². The molecule has 1 aromatic heterocycles. The van der Waals surface area contributed by atoms with Crippen LogP contribution in [0, 0.1) is 10.8 Å². The summed E-state index contributed by atoms with van der Waals surface area (Å²) < 4.78 is 0. The number of H-pyrrole nitrogens is 1. The first-order valence-electron chi connectivity index (χ1n) is 6.93. The lowest BCUT2D eigenvalue weighted by Crippen LogP contribution is -2.18.